The van der Waals surface area contributed by atoms with Gasteiger partial charge in [0.2, 0.25) is 0 Å². The highest BCUT2D eigenvalue weighted by atomic mass is 35.5. The third-order valence-electron chi connectivity index (χ3n) is 5.32. The van der Waals surface area contributed by atoms with Gasteiger partial charge in [0.1, 0.15) is 0 Å². The molecule has 2 fully saturated rings. The predicted molar refractivity (Wildman–Crippen MR) is 98.4 cm³/mol. The summed E-state index contributed by atoms with van der Waals surface area (Å²) in [7, 11) is 0. The van der Waals surface area contributed by atoms with Gasteiger partial charge in [0.25, 0.3) is 0 Å². The summed E-state index contributed by atoms with van der Waals surface area (Å²) in [5.74, 6) is 0.660. The lowest BCUT2D eigenvalue weighted by molar-refractivity contribution is 0.164. The first kappa shape index (κ1) is 15.6. The zero-order valence-electron chi connectivity index (χ0n) is 13.4. The topological polar surface area (TPSA) is 16.1 Å². The summed E-state index contributed by atoms with van der Waals surface area (Å²) in [5.41, 5.74) is 2.27. The first-order chi connectivity index (χ1) is 11.3. The quantitative estimate of drug-likeness (QED) is 0.720. The molecule has 2 unspecified atom stereocenters. The third kappa shape index (κ3) is 3.47. The normalized spacial score (nSPS) is 25.8. The third-order valence-corrected chi connectivity index (χ3v) is 6.58. The number of hydrogen-bond donors (Lipinski definition) is 0. The minimum atomic E-state index is 0.660. The average molecular weight is 347 g/mol. The van der Waals surface area contributed by atoms with Crippen molar-refractivity contribution in [3.8, 4) is 11.3 Å². The maximum Gasteiger partial charge on any atom is 0.0964 e. The molecular formula is C19H23ClN2S. The number of aromatic nitrogens is 1. The van der Waals surface area contributed by atoms with E-state index in [2.05, 4.69) is 22.4 Å². The Bertz CT molecular complexity index is 646. The van der Waals surface area contributed by atoms with Gasteiger partial charge in [-0.2, -0.15) is 0 Å². The van der Waals surface area contributed by atoms with Crippen LogP contribution >= 0.6 is 22.9 Å². The maximum absolute atomic E-state index is 5.98. The monoisotopic (exact) mass is 346 g/mol. The number of hydrogen-bond acceptors (Lipinski definition) is 3. The minimum Gasteiger partial charge on any atom is -0.300 e. The van der Waals surface area contributed by atoms with E-state index < -0.39 is 0 Å². The molecular weight excluding hydrogens is 324 g/mol. The van der Waals surface area contributed by atoms with Crippen LogP contribution in [0.15, 0.2) is 29.6 Å². The van der Waals surface area contributed by atoms with Crippen LogP contribution in [0, 0.1) is 0 Å². The highest BCUT2D eigenvalue weighted by Gasteiger charge is 2.32. The molecule has 2 aliphatic rings. The van der Waals surface area contributed by atoms with Crippen LogP contribution in [0.25, 0.3) is 11.3 Å². The van der Waals surface area contributed by atoms with E-state index in [9.17, 15) is 0 Å². The Morgan fingerprint density at radius 3 is 2.61 bits per heavy atom. The van der Waals surface area contributed by atoms with Crippen molar-refractivity contribution in [2.75, 3.05) is 13.1 Å². The van der Waals surface area contributed by atoms with Gasteiger partial charge in [-0.3, -0.25) is 0 Å². The largest absolute Gasteiger partial charge is 0.300 e. The van der Waals surface area contributed by atoms with Crippen LogP contribution in [0.3, 0.4) is 0 Å². The zero-order chi connectivity index (χ0) is 15.6. The molecule has 2 atom stereocenters. The van der Waals surface area contributed by atoms with Gasteiger partial charge >= 0.3 is 0 Å². The van der Waals surface area contributed by atoms with Gasteiger partial charge < -0.3 is 4.90 Å². The molecule has 2 heterocycles. The van der Waals surface area contributed by atoms with E-state index in [4.69, 9.17) is 16.6 Å². The highest BCUT2D eigenvalue weighted by molar-refractivity contribution is 7.10. The molecule has 0 radical (unpaired) electrons. The van der Waals surface area contributed by atoms with E-state index in [1.807, 2.05) is 23.5 Å². The molecule has 0 bridgehead atoms. The fraction of sp³-hybridized carbons (Fsp3) is 0.526. The van der Waals surface area contributed by atoms with Gasteiger partial charge in [-0.05, 0) is 57.3 Å². The molecule has 1 aliphatic carbocycles. The van der Waals surface area contributed by atoms with Gasteiger partial charge in [0.15, 0.2) is 0 Å². The summed E-state index contributed by atoms with van der Waals surface area (Å²) >= 11 is 7.81. The van der Waals surface area contributed by atoms with Crippen molar-refractivity contribution in [2.24, 2.45) is 0 Å². The summed E-state index contributed by atoms with van der Waals surface area (Å²) in [6, 6.07) is 8.80. The molecule has 1 aromatic heterocycles. The van der Waals surface area contributed by atoms with Crippen LogP contribution in [0.5, 0.6) is 0 Å². The fourth-order valence-corrected chi connectivity index (χ4v) is 5.13. The van der Waals surface area contributed by atoms with Crippen molar-refractivity contribution in [1.82, 2.24) is 9.88 Å². The van der Waals surface area contributed by atoms with E-state index in [1.54, 1.807) is 0 Å². The lowest BCUT2D eigenvalue weighted by Gasteiger charge is -2.32. The molecule has 0 spiro atoms. The second-order valence-electron chi connectivity index (χ2n) is 6.84. The second kappa shape index (κ2) is 6.92. The molecule has 2 nitrogen and oxygen atoms in total. The number of benzene rings is 1. The van der Waals surface area contributed by atoms with E-state index >= 15 is 0 Å². The molecule has 4 heteroatoms. The van der Waals surface area contributed by atoms with Crippen molar-refractivity contribution in [2.45, 2.75) is 50.5 Å². The molecule has 4 rings (SSSR count). The Hall–Kier alpha value is -0.900. The van der Waals surface area contributed by atoms with Crippen LogP contribution in [0.1, 0.15) is 49.5 Å². The Kier molecular flexibility index (Phi) is 4.70. The maximum atomic E-state index is 5.98. The number of likely N-dealkylation sites (tertiary alicyclic amines) is 1. The molecule has 1 aliphatic heterocycles. The predicted octanol–water partition coefficient (Wildman–Crippen LogP) is 5.59. The van der Waals surface area contributed by atoms with Gasteiger partial charge in [-0.25, -0.2) is 4.98 Å². The van der Waals surface area contributed by atoms with Crippen molar-refractivity contribution >= 4 is 22.9 Å². The molecule has 122 valence electrons. The molecule has 1 saturated heterocycles. The average Bonchev–Trinajstić information content (AvgIpc) is 3.26. The summed E-state index contributed by atoms with van der Waals surface area (Å²) in [6.07, 6.45) is 8.14. The molecule has 0 amide bonds. The molecule has 1 aromatic carbocycles. The highest BCUT2D eigenvalue weighted by Crippen LogP contribution is 2.40. The van der Waals surface area contributed by atoms with E-state index in [0.717, 1.165) is 16.8 Å². The summed E-state index contributed by atoms with van der Waals surface area (Å²) in [4.78, 5) is 7.66. The van der Waals surface area contributed by atoms with Crippen molar-refractivity contribution in [1.29, 1.82) is 0 Å². The summed E-state index contributed by atoms with van der Waals surface area (Å²) in [5, 5.41) is 4.31. The summed E-state index contributed by atoms with van der Waals surface area (Å²) in [6.45, 7) is 2.62. The molecule has 23 heavy (non-hydrogen) atoms. The molecule has 0 N–H and O–H groups in total. The molecule has 1 saturated carbocycles. The Morgan fingerprint density at radius 1 is 1.04 bits per heavy atom. The fourth-order valence-electron chi connectivity index (χ4n) is 4.03. The lowest BCUT2D eigenvalue weighted by atomic mass is 10.1. The van der Waals surface area contributed by atoms with Crippen molar-refractivity contribution in [3.05, 3.63) is 39.7 Å². The smallest absolute Gasteiger partial charge is 0.0964 e. The minimum absolute atomic E-state index is 0.660. The van der Waals surface area contributed by atoms with Gasteiger partial charge in [-0.1, -0.05) is 30.2 Å². The van der Waals surface area contributed by atoms with Gasteiger partial charge in [0.05, 0.1) is 10.7 Å². The standard InChI is InChI=1S/C19H23ClN2S/c20-16-7-4-14(5-8-16)18-13-23-19(21-18)15-6-9-17(12-15)22-10-2-1-3-11-22/h4-5,7-8,13,15,17H,1-3,6,9-12H2. The number of nitrogens with zero attached hydrogens (tertiary/aromatic N) is 2. The SMILES string of the molecule is Clc1ccc(-c2csc(C3CCC(N4CCCCC4)C3)n2)cc1. The van der Waals surface area contributed by atoms with E-state index in [0.29, 0.717) is 5.92 Å². The van der Waals surface area contributed by atoms with Gasteiger partial charge in [-0.15, -0.1) is 11.3 Å². The van der Waals surface area contributed by atoms with Crippen molar-refractivity contribution in [3.63, 3.8) is 0 Å². The first-order valence-electron chi connectivity index (χ1n) is 8.75. The number of rotatable bonds is 3. The first-order valence-corrected chi connectivity index (χ1v) is 10.0. The zero-order valence-corrected chi connectivity index (χ0v) is 15.0. The van der Waals surface area contributed by atoms with Crippen LogP contribution in [-0.4, -0.2) is 29.0 Å². The summed E-state index contributed by atoms with van der Waals surface area (Å²) < 4.78 is 0. The van der Waals surface area contributed by atoms with Crippen LogP contribution in [0.4, 0.5) is 0 Å². The van der Waals surface area contributed by atoms with E-state index in [1.165, 1.54) is 62.2 Å². The van der Waals surface area contributed by atoms with Crippen molar-refractivity contribution < 1.29 is 0 Å². The van der Waals surface area contributed by atoms with E-state index in [-0.39, 0.29) is 0 Å². The lowest BCUT2D eigenvalue weighted by Crippen LogP contribution is -2.37. The number of piperidine rings is 1. The second-order valence-corrected chi connectivity index (χ2v) is 8.16. The Balaban J connectivity index is 1.44. The Labute approximate surface area is 147 Å². The number of thiazole rings is 1. The van der Waals surface area contributed by atoms with Gasteiger partial charge in [0, 0.05) is 27.9 Å². The molecule has 2 aromatic rings. The van der Waals surface area contributed by atoms with Crippen LogP contribution < -0.4 is 0 Å². The number of halogens is 1. The van der Waals surface area contributed by atoms with Crippen LogP contribution in [0.2, 0.25) is 5.02 Å². The van der Waals surface area contributed by atoms with Crippen LogP contribution in [-0.2, 0) is 0 Å². The Morgan fingerprint density at radius 2 is 1.83 bits per heavy atom.